The van der Waals surface area contributed by atoms with Gasteiger partial charge in [0.1, 0.15) is 5.69 Å². The van der Waals surface area contributed by atoms with E-state index >= 15 is 0 Å². The van der Waals surface area contributed by atoms with Gasteiger partial charge in [0.15, 0.2) is 17.0 Å². The van der Waals surface area contributed by atoms with E-state index in [9.17, 15) is 4.91 Å². The number of fused-ring (bicyclic) bond motifs is 1. The lowest BCUT2D eigenvalue weighted by molar-refractivity contribution is 0.776. The maximum atomic E-state index is 10.6. The normalized spacial score (nSPS) is 11.0. The van der Waals surface area contributed by atoms with Gasteiger partial charge in [-0.3, -0.25) is 0 Å². The van der Waals surface area contributed by atoms with Crippen molar-refractivity contribution in [2.24, 2.45) is 12.2 Å². The third-order valence-electron chi connectivity index (χ3n) is 3.98. The molecule has 130 valence electrons. The summed E-state index contributed by atoms with van der Waals surface area (Å²) in [6, 6.07) is 8.75. The molecule has 0 fully saturated rings. The monoisotopic (exact) mass is 348 g/mol. The van der Waals surface area contributed by atoms with Crippen LogP contribution < -0.4 is 5.32 Å². The molecule has 1 N–H and O–H groups in total. The molecule has 0 unspecified atom stereocenters. The number of aryl methyl sites for hydroxylation is 3. The Labute approximate surface area is 148 Å². The predicted molar refractivity (Wildman–Crippen MR) is 98.1 cm³/mol. The Bertz CT molecular complexity index is 1110. The third kappa shape index (κ3) is 2.69. The Morgan fingerprint density at radius 1 is 1.12 bits per heavy atom. The van der Waals surface area contributed by atoms with Gasteiger partial charge in [0.05, 0.1) is 12.0 Å². The fourth-order valence-electron chi connectivity index (χ4n) is 2.75. The van der Waals surface area contributed by atoms with Crippen LogP contribution in [0.4, 0.5) is 17.2 Å². The van der Waals surface area contributed by atoms with Crippen molar-refractivity contribution >= 4 is 28.4 Å². The molecule has 0 atom stereocenters. The molecule has 9 nitrogen and oxygen atoms in total. The first-order chi connectivity index (χ1) is 12.5. The van der Waals surface area contributed by atoms with Crippen LogP contribution in [0.3, 0.4) is 0 Å². The minimum atomic E-state index is 0.365. The van der Waals surface area contributed by atoms with Gasteiger partial charge in [-0.25, -0.2) is 9.67 Å². The van der Waals surface area contributed by atoms with Crippen molar-refractivity contribution in [2.45, 2.75) is 13.8 Å². The molecule has 0 bridgehead atoms. The van der Waals surface area contributed by atoms with Crippen LogP contribution in [-0.2, 0) is 7.05 Å². The Hall–Kier alpha value is -3.62. The predicted octanol–water partition coefficient (Wildman–Crippen LogP) is 3.31. The summed E-state index contributed by atoms with van der Waals surface area (Å²) in [6.45, 7) is 3.88. The number of benzene rings is 1. The molecular formula is C17H16N8O. The summed E-state index contributed by atoms with van der Waals surface area (Å²) in [7, 11) is 1.88. The molecule has 0 spiro atoms. The summed E-state index contributed by atoms with van der Waals surface area (Å²) in [4.78, 5) is 24.2. The number of nitroso groups, excluding NO2 is 1. The molecule has 3 aromatic heterocycles. The first-order valence-electron chi connectivity index (χ1n) is 7.98. The topological polar surface area (TPSA) is 103 Å². The van der Waals surface area contributed by atoms with Crippen LogP contribution in [0.25, 0.3) is 17.1 Å². The fourth-order valence-corrected chi connectivity index (χ4v) is 2.75. The number of anilines is 2. The first-order valence-corrected chi connectivity index (χ1v) is 7.98. The molecule has 0 aliphatic carbocycles. The van der Waals surface area contributed by atoms with E-state index in [2.05, 4.69) is 30.5 Å². The van der Waals surface area contributed by atoms with Crippen molar-refractivity contribution in [1.29, 1.82) is 0 Å². The lowest BCUT2D eigenvalue weighted by Crippen LogP contribution is -2.08. The van der Waals surface area contributed by atoms with Crippen LogP contribution in [0.2, 0.25) is 0 Å². The molecule has 0 amide bonds. The summed E-state index contributed by atoms with van der Waals surface area (Å²) < 4.78 is 3.53. The molecular weight excluding hydrogens is 332 g/mol. The van der Waals surface area contributed by atoms with E-state index in [1.54, 1.807) is 35.3 Å². The van der Waals surface area contributed by atoms with Gasteiger partial charge in [-0.15, -0.1) is 4.91 Å². The average Bonchev–Trinajstić information content (AvgIpc) is 3.18. The number of rotatable bonds is 4. The van der Waals surface area contributed by atoms with Gasteiger partial charge in [-0.1, -0.05) is 0 Å². The molecule has 4 aromatic rings. The zero-order chi connectivity index (χ0) is 18.3. The maximum absolute atomic E-state index is 10.6. The fraction of sp³-hybridized carbons (Fsp3) is 0.176. The maximum Gasteiger partial charge on any atom is 0.254 e. The molecule has 9 heteroatoms. The van der Waals surface area contributed by atoms with Crippen molar-refractivity contribution in [3.63, 3.8) is 0 Å². The van der Waals surface area contributed by atoms with E-state index in [-0.39, 0.29) is 0 Å². The second-order valence-corrected chi connectivity index (χ2v) is 6.00. The summed E-state index contributed by atoms with van der Waals surface area (Å²) in [5, 5.41) is 10.6. The highest BCUT2D eigenvalue weighted by atomic mass is 16.3. The number of imidazole rings is 1. The summed E-state index contributed by atoms with van der Waals surface area (Å²) in [5.41, 5.74) is 4.30. The zero-order valence-electron chi connectivity index (χ0n) is 14.5. The van der Waals surface area contributed by atoms with Gasteiger partial charge in [0.2, 0.25) is 0 Å². The van der Waals surface area contributed by atoms with Crippen LogP contribution in [-0.4, -0.2) is 29.3 Å². The SMILES string of the molecule is Cc1cc(C)n(-c2nc(Nc3ccc(N=O)cc3)c3ncn(C)c3n2)n1. The van der Waals surface area contributed by atoms with Gasteiger partial charge < -0.3 is 9.88 Å². The Balaban J connectivity index is 1.84. The van der Waals surface area contributed by atoms with E-state index < -0.39 is 0 Å². The van der Waals surface area contributed by atoms with Crippen LogP contribution >= 0.6 is 0 Å². The first kappa shape index (κ1) is 15.9. The standard InChI is InChI=1S/C17H16N8O/c1-10-8-11(2)25(22-10)17-20-15(14-16(21-17)24(3)9-18-14)19-12-4-6-13(23-26)7-5-12/h4-9H,1-3H3,(H,19,20,21). The van der Waals surface area contributed by atoms with Crippen LogP contribution in [0.5, 0.6) is 0 Å². The molecule has 3 heterocycles. The number of nitrogens with zero attached hydrogens (tertiary/aromatic N) is 7. The zero-order valence-corrected chi connectivity index (χ0v) is 14.5. The molecule has 0 radical (unpaired) electrons. The number of aromatic nitrogens is 6. The van der Waals surface area contributed by atoms with Crippen molar-refractivity contribution in [3.05, 3.63) is 53.0 Å². The summed E-state index contributed by atoms with van der Waals surface area (Å²) >= 11 is 0. The minimum Gasteiger partial charge on any atom is -0.338 e. The number of nitrogens with one attached hydrogen (secondary N) is 1. The average molecular weight is 348 g/mol. The summed E-state index contributed by atoms with van der Waals surface area (Å²) in [5.74, 6) is 1.02. The molecule has 0 aliphatic rings. The van der Waals surface area contributed by atoms with Crippen LogP contribution in [0.1, 0.15) is 11.4 Å². The second-order valence-electron chi connectivity index (χ2n) is 6.00. The third-order valence-corrected chi connectivity index (χ3v) is 3.98. The van der Waals surface area contributed by atoms with E-state index in [0.717, 1.165) is 17.1 Å². The van der Waals surface area contributed by atoms with Crippen molar-refractivity contribution < 1.29 is 0 Å². The van der Waals surface area contributed by atoms with Gasteiger partial charge in [0.25, 0.3) is 5.95 Å². The highest BCUT2D eigenvalue weighted by Gasteiger charge is 2.15. The van der Waals surface area contributed by atoms with E-state index in [1.165, 1.54) is 0 Å². The molecule has 0 saturated carbocycles. The van der Waals surface area contributed by atoms with Crippen molar-refractivity contribution in [2.75, 3.05) is 5.32 Å². The highest BCUT2D eigenvalue weighted by molar-refractivity contribution is 5.86. The molecule has 26 heavy (non-hydrogen) atoms. The second kappa shape index (κ2) is 6.03. The number of hydrogen-bond donors (Lipinski definition) is 1. The Kier molecular flexibility index (Phi) is 3.68. The quantitative estimate of drug-likeness (QED) is 0.568. The van der Waals surface area contributed by atoms with Gasteiger partial charge >= 0.3 is 0 Å². The van der Waals surface area contributed by atoms with Gasteiger partial charge in [-0.2, -0.15) is 15.1 Å². The van der Waals surface area contributed by atoms with Crippen molar-refractivity contribution in [1.82, 2.24) is 29.3 Å². The van der Waals surface area contributed by atoms with E-state index in [0.29, 0.717) is 28.6 Å². The Morgan fingerprint density at radius 2 is 1.88 bits per heavy atom. The molecule has 0 saturated heterocycles. The van der Waals surface area contributed by atoms with E-state index in [4.69, 9.17) is 0 Å². The highest BCUT2D eigenvalue weighted by Crippen LogP contribution is 2.25. The summed E-state index contributed by atoms with van der Waals surface area (Å²) in [6.07, 6.45) is 1.69. The van der Waals surface area contributed by atoms with Crippen LogP contribution in [0.15, 0.2) is 41.8 Å². The smallest absolute Gasteiger partial charge is 0.254 e. The lowest BCUT2D eigenvalue weighted by atomic mass is 10.3. The van der Waals surface area contributed by atoms with Gasteiger partial charge in [0, 0.05) is 18.4 Å². The number of hydrogen-bond acceptors (Lipinski definition) is 7. The minimum absolute atomic E-state index is 0.365. The Morgan fingerprint density at radius 3 is 2.54 bits per heavy atom. The van der Waals surface area contributed by atoms with Crippen LogP contribution in [0, 0.1) is 18.8 Å². The molecule has 1 aromatic carbocycles. The lowest BCUT2D eigenvalue weighted by Gasteiger charge is -2.09. The van der Waals surface area contributed by atoms with Crippen molar-refractivity contribution in [3.8, 4) is 5.95 Å². The molecule has 4 rings (SSSR count). The van der Waals surface area contributed by atoms with Gasteiger partial charge in [-0.05, 0) is 49.4 Å². The largest absolute Gasteiger partial charge is 0.338 e. The van der Waals surface area contributed by atoms with E-state index in [1.807, 2.05) is 31.5 Å². The molecule has 0 aliphatic heterocycles.